The molecule has 0 amide bonds. The van der Waals surface area contributed by atoms with E-state index in [4.69, 9.17) is 4.42 Å². The van der Waals surface area contributed by atoms with Gasteiger partial charge in [-0.2, -0.15) is 0 Å². The number of hydrogen-bond donors (Lipinski definition) is 2. The first kappa shape index (κ1) is 15.0. The van der Waals surface area contributed by atoms with Gasteiger partial charge in [0.25, 0.3) is 10.0 Å². The molecule has 3 aromatic rings. The van der Waals surface area contributed by atoms with Gasteiger partial charge in [-0.1, -0.05) is 0 Å². The van der Waals surface area contributed by atoms with E-state index >= 15 is 0 Å². The van der Waals surface area contributed by atoms with E-state index in [2.05, 4.69) is 9.71 Å². The quantitative estimate of drug-likeness (QED) is 0.711. The minimum absolute atomic E-state index is 0.0160. The first-order valence-corrected chi connectivity index (χ1v) is 8.10. The second-order valence-corrected chi connectivity index (χ2v) is 6.59. The van der Waals surface area contributed by atoms with Crippen molar-refractivity contribution in [3.8, 4) is 0 Å². The van der Waals surface area contributed by atoms with Crippen LogP contribution in [0.1, 0.15) is 17.3 Å². The lowest BCUT2D eigenvalue weighted by Gasteiger charge is -2.08. The van der Waals surface area contributed by atoms with Crippen LogP contribution in [0.15, 0.2) is 56.6 Å². The third kappa shape index (κ3) is 3.02. The van der Waals surface area contributed by atoms with E-state index in [0.29, 0.717) is 16.8 Å². The molecule has 23 heavy (non-hydrogen) atoms. The van der Waals surface area contributed by atoms with E-state index in [9.17, 15) is 18.0 Å². The van der Waals surface area contributed by atoms with E-state index in [1.54, 1.807) is 0 Å². The molecule has 2 aromatic carbocycles. The number of nitrogens with one attached hydrogen (secondary N) is 2. The van der Waals surface area contributed by atoms with Crippen molar-refractivity contribution >= 4 is 32.6 Å². The van der Waals surface area contributed by atoms with Crippen LogP contribution in [0.25, 0.3) is 11.1 Å². The number of anilines is 1. The summed E-state index contributed by atoms with van der Waals surface area (Å²) in [5, 5.41) is 0. The van der Waals surface area contributed by atoms with Crippen molar-refractivity contribution < 1.29 is 17.6 Å². The van der Waals surface area contributed by atoms with Crippen LogP contribution in [0, 0.1) is 0 Å². The standard InChI is InChI=1S/C15H12N2O5S/c1-9(18)10-2-4-11(5-3-10)17-23(20,21)12-6-7-14-13(8-12)16-15(19)22-14/h2-8,17H,1H3,(H,16,19). The largest absolute Gasteiger partial charge is 0.417 e. The molecule has 1 heterocycles. The number of aromatic amines is 1. The first-order valence-electron chi connectivity index (χ1n) is 6.62. The predicted octanol–water partition coefficient (Wildman–Crippen LogP) is 2.12. The maximum Gasteiger partial charge on any atom is 0.417 e. The van der Waals surface area contributed by atoms with Crippen molar-refractivity contribution in [1.29, 1.82) is 0 Å². The molecule has 0 aliphatic rings. The Morgan fingerprint density at radius 2 is 1.83 bits per heavy atom. The monoisotopic (exact) mass is 332 g/mol. The molecule has 2 N–H and O–H groups in total. The Morgan fingerprint density at radius 1 is 1.13 bits per heavy atom. The lowest BCUT2D eigenvalue weighted by atomic mass is 10.1. The van der Waals surface area contributed by atoms with Crippen LogP contribution < -0.4 is 10.5 Å². The number of carbonyl (C=O) groups excluding carboxylic acids is 1. The second-order valence-electron chi connectivity index (χ2n) is 4.91. The van der Waals surface area contributed by atoms with Gasteiger partial charge in [-0.25, -0.2) is 13.2 Å². The van der Waals surface area contributed by atoms with E-state index in [1.165, 1.54) is 49.4 Å². The summed E-state index contributed by atoms with van der Waals surface area (Å²) in [6.45, 7) is 1.43. The van der Waals surface area contributed by atoms with Gasteiger partial charge in [0.05, 0.1) is 10.4 Å². The summed E-state index contributed by atoms with van der Waals surface area (Å²) in [4.78, 5) is 24.7. The summed E-state index contributed by atoms with van der Waals surface area (Å²) in [5.74, 6) is -0.754. The summed E-state index contributed by atoms with van der Waals surface area (Å²) in [7, 11) is -3.83. The number of H-pyrrole nitrogens is 1. The topological polar surface area (TPSA) is 109 Å². The summed E-state index contributed by atoms with van der Waals surface area (Å²) < 4.78 is 32.0. The van der Waals surface area contributed by atoms with Gasteiger partial charge in [0.2, 0.25) is 0 Å². The molecular weight excluding hydrogens is 320 g/mol. The number of carbonyl (C=O) groups is 1. The molecule has 0 atom stereocenters. The van der Waals surface area contributed by atoms with E-state index in [1.807, 2.05) is 0 Å². The highest BCUT2D eigenvalue weighted by Crippen LogP contribution is 2.20. The van der Waals surface area contributed by atoms with Crippen molar-refractivity contribution in [2.45, 2.75) is 11.8 Å². The van der Waals surface area contributed by atoms with Crippen molar-refractivity contribution in [3.63, 3.8) is 0 Å². The van der Waals surface area contributed by atoms with E-state index in [0.717, 1.165) is 0 Å². The van der Waals surface area contributed by atoms with Gasteiger partial charge in [0.15, 0.2) is 11.4 Å². The summed E-state index contributed by atoms with van der Waals surface area (Å²) >= 11 is 0. The van der Waals surface area contributed by atoms with Gasteiger partial charge in [-0.05, 0) is 49.4 Å². The van der Waals surface area contributed by atoms with E-state index in [-0.39, 0.29) is 16.3 Å². The smallest absolute Gasteiger partial charge is 0.408 e. The number of sulfonamides is 1. The van der Waals surface area contributed by atoms with Crippen LogP contribution in [-0.2, 0) is 10.0 Å². The highest BCUT2D eigenvalue weighted by molar-refractivity contribution is 7.92. The average Bonchev–Trinajstić information content (AvgIpc) is 2.86. The van der Waals surface area contributed by atoms with Gasteiger partial charge in [0.1, 0.15) is 0 Å². The Bertz CT molecular complexity index is 1050. The number of fused-ring (bicyclic) bond motifs is 1. The molecule has 0 aliphatic heterocycles. The molecule has 8 heteroatoms. The number of oxazole rings is 1. The van der Waals surface area contributed by atoms with Gasteiger partial charge >= 0.3 is 5.76 Å². The molecule has 0 fully saturated rings. The Hall–Kier alpha value is -2.87. The highest BCUT2D eigenvalue weighted by atomic mass is 32.2. The lowest BCUT2D eigenvalue weighted by molar-refractivity contribution is 0.101. The Kier molecular flexibility index (Phi) is 3.53. The molecule has 0 spiro atoms. The van der Waals surface area contributed by atoms with Crippen molar-refractivity contribution in [2.75, 3.05) is 4.72 Å². The number of benzene rings is 2. The second kappa shape index (κ2) is 5.40. The number of ketones is 1. The summed E-state index contributed by atoms with van der Waals surface area (Å²) in [6.07, 6.45) is 0. The minimum atomic E-state index is -3.83. The fourth-order valence-corrected chi connectivity index (χ4v) is 3.17. The van der Waals surface area contributed by atoms with Crippen LogP contribution in [0.5, 0.6) is 0 Å². The normalized spacial score (nSPS) is 11.5. The van der Waals surface area contributed by atoms with Crippen LogP contribution in [0.4, 0.5) is 5.69 Å². The Morgan fingerprint density at radius 3 is 2.48 bits per heavy atom. The van der Waals surface area contributed by atoms with Gasteiger partial charge in [0, 0.05) is 11.3 Å². The first-order chi connectivity index (χ1) is 10.8. The zero-order valence-electron chi connectivity index (χ0n) is 12.0. The molecule has 7 nitrogen and oxygen atoms in total. The van der Waals surface area contributed by atoms with E-state index < -0.39 is 15.8 Å². The van der Waals surface area contributed by atoms with Gasteiger partial charge < -0.3 is 4.42 Å². The molecule has 0 aliphatic carbocycles. The number of rotatable bonds is 4. The third-order valence-corrected chi connectivity index (χ3v) is 4.62. The molecule has 0 bridgehead atoms. The van der Waals surface area contributed by atoms with Gasteiger partial charge in [-0.15, -0.1) is 0 Å². The average molecular weight is 332 g/mol. The molecule has 1 aromatic heterocycles. The van der Waals surface area contributed by atoms with Crippen molar-refractivity contribution in [3.05, 3.63) is 58.6 Å². The fraction of sp³-hybridized carbons (Fsp3) is 0.0667. The van der Waals surface area contributed by atoms with Gasteiger partial charge in [-0.3, -0.25) is 14.5 Å². The maximum atomic E-state index is 12.4. The molecule has 0 unspecified atom stereocenters. The molecular formula is C15H12N2O5S. The number of aromatic nitrogens is 1. The molecule has 118 valence electrons. The number of hydrogen-bond acceptors (Lipinski definition) is 5. The zero-order chi connectivity index (χ0) is 16.6. The summed E-state index contributed by atoms with van der Waals surface area (Å²) in [5.41, 5.74) is 1.39. The van der Waals surface area contributed by atoms with Crippen LogP contribution >= 0.6 is 0 Å². The third-order valence-electron chi connectivity index (χ3n) is 3.24. The predicted molar refractivity (Wildman–Crippen MR) is 84.1 cm³/mol. The molecule has 0 saturated heterocycles. The SMILES string of the molecule is CC(=O)c1ccc(NS(=O)(=O)c2ccc3oc(=O)[nH]c3c2)cc1. The van der Waals surface area contributed by atoms with Crippen molar-refractivity contribution in [1.82, 2.24) is 4.98 Å². The Labute approximate surface area is 131 Å². The number of Topliss-reactive ketones (excluding diaryl/α,β-unsaturated/α-hetero) is 1. The van der Waals surface area contributed by atoms with Crippen LogP contribution in [-0.4, -0.2) is 19.2 Å². The zero-order valence-corrected chi connectivity index (χ0v) is 12.8. The Balaban J connectivity index is 1.93. The van der Waals surface area contributed by atoms with Crippen molar-refractivity contribution in [2.24, 2.45) is 0 Å². The molecule has 0 saturated carbocycles. The fourth-order valence-electron chi connectivity index (χ4n) is 2.09. The highest BCUT2D eigenvalue weighted by Gasteiger charge is 2.16. The molecule has 0 radical (unpaired) electrons. The summed E-state index contributed by atoms with van der Waals surface area (Å²) in [6, 6.07) is 10.1. The maximum absolute atomic E-state index is 12.4. The van der Waals surface area contributed by atoms with Crippen LogP contribution in [0.3, 0.4) is 0 Å². The minimum Gasteiger partial charge on any atom is -0.408 e. The molecule has 3 rings (SSSR count). The van der Waals surface area contributed by atoms with Crippen LogP contribution in [0.2, 0.25) is 0 Å². The lowest BCUT2D eigenvalue weighted by Crippen LogP contribution is -2.13.